The topological polar surface area (TPSA) is 80.9 Å². The van der Waals surface area contributed by atoms with Gasteiger partial charge in [0.15, 0.2) is 0 Å². The molecule has 0 fully saturated rings. The molecule has 4 nitrogen and oxygen atoms in total. The van der Waals surface area contributed by atoms with Crippen LogP contribution in [-0.2, 0) is 0 Å². The van der Waals surface area contributed by atoms with Crippen molar-refractivity contribution in [1.29, 1.82) is 0 Å². The number of hydrogen-bond donors (Lipinski definition) is 4. The van der Waals surface area contributed by atoms with E-state index in [1.54, 1.807) is 6.92 Å². The first-order chi connectivity index (χ1) is 10.3. The van der Waals surface area contributed by atoms with Crippen molar-refractivity contribution in [2.45, 2.75) is 40.0 Å². The molecule has 0 atom stereocenters. The van der Waals surface area contributed by atoms with Gasteiger partial charge in [-0.3, -0.25) is 0 Å². The van der Waals surface area contributed by atoms with Crippen LogP contribution in [0.5, 0.6) is 0 Å². The quantitative estimate of drug-likeness (QED) is 0.544. The average molecular weight is 316 g/mol. The summed E-state index contributed by atoms with van der Waals surface area (Å²) in [5, 5.41) is 32.4. The van der Waals surface area contributed by atoms with Gasteiger partial charge in [-0.05, 0) is 19.8 Å². The molecule has 4 heteroatoms. The monoisotopic (exact) mass is 316 g/mol. The number of aliphatic hydroxyl groups is 4. The third-order valence-electron chi connectivity index (χ3n) is 1.95. The minimum Gasteiger partial charge on any atom is -0.392 e. The van der Waals surface area contributed by atoms with Crippen molar-refractivity contribution >= 4 is 0 Å². The second-order valence-corrected chi connectivity index (χ2v) is 4.51. The number of hydrogen-bond acceptors (Lipinski definition) is 4. The molecule has 0 aliphatic heterocycles. The summed E-state index contributed by atoms with van der Waals surface area (Å²) in [5.74, 6) is 0. The summed E-state index contributed by atoms with van der Waals surface area (Å²) in [4.78, 5) is 0. The third kappa shape index (κ3) is 51.1. The Morgan fingerprint density at radius 1 is 0.864 bits per heavy atom. The fraction of sp³-hybridized carbons (Fsp3) is 0.556. The fourth-order valence-corrected chi connectivity index (χ4v) is 0.544. The maximum absolute atomic E-state index is 8.37. The molecule has 0 saturated carbocycles. The molecule has 0 aliphatic carbocycles. The second kappa shape index (κ2) is 28.0. The Morgan fingerprint density at radius 3 is 1.27 bits per heavy atom. The molecule has 0 aliphatic rings. The van der Waals surface area contributed by atoms with Gasteiger partial charge in [0.25, 0.3) is 0 Å². The molecule has 132 valence electrons. The van der Waals surface area contributed by atoms with E-state index in [4.69, 9.17) is 20.4 Å². The second-order valence-electron chi connectivity index (χ2n) is 4.51. The Hall–Kier alpha value is -1.20. The predicted octanol–water partition coefficient (Wildman–Crippen LogP) is 3.00. The molecule has 0 amide bonds. The smallest absolute Gasteiger partial charge is 0.0639 e. The molecule has 0 saturated heterocycles. The zero-order valence-electron chi connectivity index (χ0n) is 14.6. The highest BCUT2D eigenvalue weighted by Gasteiger charge is 1.84. The van der Waals surface area contributed by atoms with Crippen molar-refractivity contribution in [3.05, 3.63) is 49.1 Å². The van der Waals surface area contributed by atoms with Gasteiger partial charge < -0.3 is 20.4 Å². The van der Waals surface area contributed by atoms with Gasteiger partial charge >= 0.3 is 0 Å². The highest BCUT2D eigenvalue weighted by Crippen LogP contribution is 1.97. The molecule has 0 radical (unpaired) electrons. The van der Waals surface area contributed by atoms with Gasteiger partial charge in [0.2, 0.25) is 0 Å². The van der Waals surface area contributed by atoms with Crippen LogP contribution in [0.2, 0.25) is 0 Å². The van der Waals surface area contributed by atoms with E-state index in [2.05, 4.69) is 33.2 Å². The summed E-state index contributed by atoms with van der Waals surface area (Å²) in [6.07, 6.45) is 4.35. The number of rotatable bonds is 7. The van der Waals surface area contributed by atoms with Crippen molar-refractivity contribution in [3.63, 3.8) is 0 Å². The van der Waals surface area contributed by atoms with E-state index in [1.807, 2.05) is 6.92 Å². The lowest BCUT2D eigenvalue weighted by atomic mass is 10.2. The van der Waals surface area contributed by atoms with Gasteiger partial charge in [0.1, 0.15) is 0 Å². The van der Waals surface area contributed by atoms with Gasteiger partial charge in [-0.2, -0.15) is 0 Å². The van der Waals surface area contributed by atoms with E-state index in [-0.39, 0.29) is 26.4 Å². The highest BCUT2D eigenvalue weighted by atomic mass is 16.3. The van der Waals surface area contributed by atoms with E-state index in [0.29, 0.717) is 0 Å². The fourth-order valence-electron chi connectivity index (χ4n) is 0.544. The molecule has 0 rings (SSSR count). The zero-order chi connectivity index (χ0) is 18.4. The summed E-state index contributed by atoms with van der Waals surface area (Å²) in [6, 6.07) is 0. The molecule has 0 aromatic carbocycles. The first kappa shape index (κ1) is 28.9. The summed E-state index contributed by atoms with van der Waals surface area (Å²) in [5.41, 5.74) is 2.64. The van der Waals surface area contributed by atoms with Crippen molar-refractivity contribution in [2.75, 3.05) is 26.4 Å². The number of aliphatic hydroxyl groups excluding tert-OH is 4. The third-order valence-corrected chi connectivity index (χ3v) is 1.95. The van der Waals surface area contributed by atoms with Gasteiger partial charge in [0, 0.05) is 0 Å². The molecular formula is C18H36O4. The lowest BCUT2D eigenvalue weighted by Gasteiger charge is -1.93. The zero-order valence-corrected chi connectivity index (χ0v) is 14.6. The summed E-state index contributed by atoms with van der Waals surface area (Å²) < 4.78 is 0. The minimum absolute atomic E-state index is 0.0833. The lowest BCUT2D eigenvalue weighted by molar-refractivity contribution is 0.327. The molecule has 22 heavy (non-hydrogen) atoms. The van der Waals surface area contributed by atoms with Crippen LogP contribution >= 0.6 is 0 Å². The molecule has 0 heterocycles. The Balaban J connectivity index is -0.000000100. The van der Waals surface area contributed by atoms with Crippen molar-refractivity contribution in [2.24, 2.45) is 0 Å². The maximum Gasteiger partial charge on any atom is 0.0639 e. The molecule has 0 bridgehead atoms. The first-order valence-electron chi connectivity index (χ1n) is 7.32. The Kier molecular flexibility index (Phi) is 36.8. The molecule has 0 unspecified atom stereocenters. The van der Waals surface area contributed by atoms with E-state index in [0.717, 1.165) is 36.0 Å². The van der Waals surface area contributed by atoms with Gasteiger partial charge in [-0.25, -0.2) is 0 Å². The highest BCUT2D eigenvalue weighted by molar-refractivity contribution is 4.92. The van der Waals surface area contributed by atoms with Gasteiger partial charge in [0.05, 0.1) is 26.4 Å². The lowest BCUT2D eigenvalue weighted by Crippen LogP contribution is -1.85. The molecule has 0 aromatic rings. The summed E-state index contributed by atoms with van der Waals surface area (Å²) >= 11 is 0. The van der Waals surface area contributed by atoms with E-state index in [9.17, 15) is 0 Å². The van der Waals surface area contributed by atoms with E-state index >= 15 is 0 Å². The van der Waals surface area contributed by atoms with E-state index in [1.165, 1.54) is 6.08 Å². The maximum atomic E-state index is 8.37. The van der Waals surface area contributed by atoms with Crippen molar-refractivity contribution in [3.8, 4) is 0 Å². The van der Waals surface area contributed by atoms with Gasteiger partial charge in [-0.1, -0.05) is 62.8 Å². The molecule has 4 N–H and O–H groups in total. The van der Waals surface area contributed by atoms with Crippen LogP contribution in [0.25, 0.3) is 0 Å². The minimum atomic E-state index is 0.0833. The van der Waals surface area contributed by atoms with Crippen LogP contribution < -0.4 is 0 Å². The summed E-state index contributed by atoms with van der Waals surface area (Å²) in [6.45, 7) is 20.1. The van der Waals surface area contributed by atoms with Crippen molar-refractivity contribution < 1.29 is 20.4 Å². The van der Waals surface area contributed by atoms with E-state index < -0.39 is 0 Å². The standard InChI is InChI=1S/C6H12O.C5H10O.C4H8O.C3H6O/c1-3-4-6(2)5-7;1-3-5(2)4-6;1-4(2)3-5;1-2-3-4/h7H,2-5H2,1H3;6H,2-4H2,1H3;5H,1,3H2,2H3;2,4H,1,3H2. The Morgan fingerprint density at radius 2 is 1.23 bits per heavy atom. The summed E-state index contributed by atoms with van der Waals surface area (Å²) in [7, 11) is 0. The average Bonchev–Trinajstić information content (AvgIpc) is 2.55. The predicted molar refractivity (Wildman–Crippen MR) is 96.8 cm³/mol. The Bertz CT molecular complexity index is 264. The van der Waals surface area contributed by atoms with Crippen LogP contribution in [0.4, 0.5) is 0 Å². The molecule has 0 spiro atoms. The van der Waals surface area contributed by atoms with Crippen LogP contribution in [0.15, 0.2) is 49.1 Å². The van der Waals surface area contributed by atoms with Crippen LogP contribution in [0.1, 0.15) is 40.0 Å². The largest absolute Gasteiger partial charge is 0.392 e. The van der Waals surface area contributed by atoms with Crippen molar-refractivity contribution in [1.82, 2.24) is 0 Å². The Labute approximate surface area is 136 Å². The molecular weight excluding hydrogens is 280 g/mol. The van der Waals surface area contributed by atoms with Crippen LogP contribution in [-0.4, -0.2) is 46.9 Å². The molecule has 0 aromatic heterocycles. The van der Waals surface area contributed by atoms with Crippen LogP contribution in [0.3, 0.4) is 0 Å². The van der Waals surface area contributed by atoms with Crippen LogP contribution in [0, 0.1) is 0 Å². The SMILES string of the molecule is C=C(C)CO.C=C(CC)CO.C=C(CO)CCC.C=CCO. The normalized spacial score (nSPS) is 7.95. The van der Waals surface area contributed by atoms with Gasteiger partial charge in [-0.15, -0.1) is 6.58 Å². The first-order valence-corrected chi connectivity index (χ1v) is 7.32.